The Bertz CT molecular complexity index is 483. The number of aromatic nitrogens is 1. The lowest BCUT2D eigenvalue weighted by molar-refractivity contribution is 0.987. The molecule has 0 fully saturated rings. The molecule has 2 aromatic rings. The number of fused-ring (bicyclic) bond motifs is 1. The SMILES string of the molecule is CCCC(=N)c1ccnc2ccccc12. The van der Waals surface area contributed by atoms with E-state index >= 15 is 0 Å². The van der Waals surface area contributed by atoms with E-state index in [-0.39, 0.29) is 0 Å². The fourth-order valence-corrected chi connectivity index (χ4v) is 1.74. The highest BCUT2D eigenvalue weighted by molar-refractivity contribution is 6.08. The van der Waals surface area contributed by atoms with Crippen molar-refractivity contribution in [1.29, 1.82) is 5.41 Å². The Hall–Kier alpha value is -1.70. The lowest BCUT2D eigenvalue weighted by Crippen LogP contribution is -1.99. The van der Waals surface area contributed by atoms with Crippen LogP contribution in [-0.2, 0) is 0 Å². The number of hydrogen-bond acceptors (Lipinski definition) is 2. The molecule has 2 heteroatoms. The van der Waals surface area contributed by atoms with Crippen molar-refractivity contribution in [3.05, 3.63) is 42.1 Å². The summed E-state index contributed by atoms with van der Waals surface area (Å²) in [6.45, 7) is 2.10. The number of nitrogens with zero attached hydrogens (tertiary/aromatic N) is 1. The molecule has 1 N–H and O–H groups in total. The zero-order valence-electron chi connectivity index (χ0n) is 8.83. The molecule has 2 rings (SSSR count). The Morgan fingerprint density at radius 1 is 1.27 bits per heavy atom. The fourth-order valence-electron chi connectivity index (χ4n) is 1.74. The topological polar surface area (TPSA) is 36.7 Å². The van der Waals surface area contributed by atoms with Crippen LogP contribution in [0.15, 0.2) is 36.5 Å². The van der Waals surface area contributed by atoms with Crippen molar-refractivity contribution in [2.45, 2.75) is 19.8 Å². The van der Waals surface area contributed by atoms with Gasteiger partial charge in [-0.2, -0.15) is 0 Å². The minimum Gasteiger partial charge on any atom is -0.305 e. The smallest absolute Gasteiger partial charge is 0.0708 e. The average Bonchev–Trinajstić information content (AvgIpc) is 2.28. The van der Waals surface area contributed by atoms with Gasteiger partial charge < -0.3 is 5.41 Å². The van der Waals surface area contributed by atoms with Crippen molar-refractivity contribution >= 4 is 16.6 Å². The third-order valence-electron chi connectivity index (χ3n) is 2.47. The van der Waals surface area contributed by atoms with Crippen LogP contribution in [0.2, 0.25) is 0 Å². The molecule has 0 aliphatic rings. The van der Waals surface area contributed by atoms with Gasteiger partial charge in [-0.15, -0.1) is 0 Å². The zero-order valence-corrected chi connectivity index (χ0v) is 8.83. The molecule has 0 aliphatic heterocycles. The monoisotopic (exact) mass is 198 g/mol. The molecule has 0 bridgehead atoms. The third-order valence-corrected chi connectivity index (χ3v) is 2.47. The summed E-state index contributed by atoms with van der Waals surface area (Å²) < 4.78 is 0. The van der Waals surface area contributed by atoms with Gasteiger partial charge in [0.05, 0.1) is 5.52 Å². The minimum absolute atomic E-state index is 0.705. The Balaban J connectivity index is 2.56. The maximum atomic E-state index is 7.98. The summed E-state index contributed by atoms with van der Waals surface area (Å²) in [6, 6.07) is 9.91. The van der Waals surface area contributed by atoms with Crippen LogP contribution in [0, 0.1) is 5.41 Å². The van der Waals surface area contributed by atoms with E-state index in [1.807, 2.05) is 30.3 Å². The molecule has 0 spiro atoms. The molecule has 1 aromatic carbocycles. The van der Waals surface area contributed by atoms with Crippen LogP contribution in [0.3, 0.4) is 0 Å². The van der Waals surface area contributed by atoms with Gasteiger partial charge in [-0.3, -0.25) is 4.98 Å². The van der Waals surface area contributed by atoms with Crippen LogP contribution in [0.1, 0.15) is 25.3 Å². The Morgan fingerprint density at radius 3 is 2.87 bits per heavy atom. The number of hydrogen-bond donors (Lipinski definition) is 1. The highest BCUT2D eigenvalue weighted by Crippen LogP contribution is 2.17. The van der Waals surface area contributed by atoms with Crippen LogP contribution >= 0.6 is 0 Å². The predicted molar refractivity (Wildman–Crippen MR) is 63.5 cm³/mol. The van der Waals surface area contributed by atoms with Crippen molar-refractivity contribution in [2.75, 3.05) is 0 Å². The van der Waals surface area contributed by atoms with E-state index in [9.17, 15) is 0 Å². The molecule has 0 saturated heterocycles. The van der Waals surface area contributed by atoms with Crippen molar-refractivity contribution in [2.24, 2.45) is 0 Å². The first kappa shape index (κ1) is 9.84. The zero-order chi connectivity index (χ0) is 10.7. The van der Waals surface area contributed by atoms with E-state index in [4.69, 9.17) is 5.41 Å². The first-order chi connectivity index (χ1) is 7.33. The largest absolute Gasteiger partial charge is 0.305 e. The molecule has 0 radical (unpaired) electrons. The van der Waals surface area contributed by atoms with Gasteiger partial charge in [-0.1, -0.05) is 31.5 Å². The van der Waals surface area contributed by atoms with Gasteiger partial charge in [0, 0.05) is 22.9 Å². The van der Waals surface area contributed by atoms with E-state index in [0.717, 1.165) is 29.3 Å². The van der Waals surface area contributed by atoms with Crippen molar-refractivity contribution < 1.29 is 0 Å². The lowest BCUT2D eigenvalue weighted by atomic mass is 10.0. The standard InChI is InChI=1S/C13H14N2/c1-2-5-12(14)10-8-9-15-13-7-4-3-6-11(10)13/h3-4,6-9,14H,2,5H2,1H3. The summed E-state index contributed by atoms with van der Waals surface area (Å²) in [6.07, 6.45) is 3.62. The quantitative estimate of drug-likeness (QED) is 0.754. The molecule has 1 aromatic heterocycles. The number of rotatable bonds is 3. The molecular formula is C13H14N2. The number of para-hydroxylation sites is 1. The molecule has 0 aliphatic carbocycles. The second-order valence-electron chi connectivity index (χ2n) is 3.60. The fraction of sp³-hybridized carbons (Fsp3) is 0.231. The summed E-state index contributed by atoms with van der Waals surface area (Å²) >= 11 is 0. The van der Waals surface area contributed by atoms with Crippen LogP contribution in [0.4, 0.5) is 0 Å². The van der Waals surface area contributed by atoms with E-state index in [2.05, 4.69) is 11.9 Å². The van der Waals surface area contributed by atoms with Gasteiger partial charge in [-0.25, -0.2) is 0 Å². The molecule has 0 saturated carbocycles. The Morgan fingerprint density at radius 2 is 2.07 bits per heavy atom. The van der Waals surface area contributed by atoms with Gasteiger partial charge in [-0.05, 0) is 18.6 Å². The van der Waals surface area contributed by atoms with E-state index in [0.29, 0.717) is 5.71 Å². The normalized spacial score (nSPS) is 10.5. The van der Waals surface area contributed by atoms with Crippen LogP contribution in [0.25, 0.3) is 10.9 Å². The van der Waals surface area contributed by atoms with Gasteiger partial charge in [0.15, 0.2) is 0 Å². The highest BCUT2D eigenvalue weighted by Gasteiger charge is 2.05. The van der Waals surface area contributed by atoms with Gasteiger partial charge in [0.2, 0.25) is 0 Å². The van der Waals surface area contributed by atoms with E-state index < -0.39 is 0 Å². The predicted octanol–water partition coefficient (Wildman–Crippen LogP) is 3.40. The van der Waals surface area contributed by atoms with Gasteiger partial charge >= 0.3 is 0 Å². The van der Waals surface area contributed by atoms with Gasteiger partial charge in [0.1, 0.15) is 0 Å². The summed E-state index contributed by atoms with van der Waals surface area (Å²) in [5.74, 6) is 0. The molecular weight excluding hydrogens is 184 g/mol. The second kappa shape index (κ2) is 4.22. The Labute approximate surface area is 89.5 Å². The minimum atomic E-state index is 0.705. The molecule has 0 atom stereocenters. The number of nitrogens with one attached hydrogen (secondary N) is 1. The summed E-state index contributed by atoms with van der Waals surface area (Å²) in [4.78, 5) is 4.29. The van der Waals surface area contributed by atoms with Crippen molar-refractivity contribution in [1.82, 2.24) is 4.98 Å². The van der Waals surface area contributed by atoms with E-state index in [1.54, 1.807) is 6.20 Å². The number of pyridine rings is 1. The van der Waals surface area contributed by atoms with Gasteiger partial charge in [0.25, 0.3) is 0 Å². The van der Waals surface area contributed by atoms with Crippen LogP contribution < -0.4 is 0 Å². The first-order valence-electron chi connectivity index (χ1n) is 5.24. The molecule has 15 heavy (non-hydrogen) atoms. The third kappa shape index (κ3) is 1.89. The molecule has 1 heterocycles. The first-order valence-corrected chi connectivity index (χ1v) is 5.24. The van der Waals surface area contributed by atoms with E-state index in [1.165, 1.54) is 0 Å². The number of benzene rings is 1. The van der Waals surface area contributed by atoms with Crippen LogP contribution in [-0.4, -0.2) is 10.7 Å². The maximum absolute atomic E-state index is 7.98. The summed E-state index contributed by atoms with van der Waals surface area (Å²) in [5.41, 5.74) is 2.69. The van der Waals surface area contributed by atoms with Crippen molar-refractivity contribution in [3.8, 4) is 0 Å². The average molecular weight is 198 g/mol. The summed E-state index contributed by atoms with van der Waals surface area (Å²) in [7, 11) is 0. The highest BCUT2D eigenvalue weighted by atomic mass is 14.6. The Kier molecular flexibility index (Phi) is 2.77. The summed E-state index contributed by atoms with van der Waals surface area (Å²) in [5, 5.41) is 9.07. The molecule has 2 nitrogen and oxygen atoms in total. The lowest BCUT2D eigenvalue weighted by Gasteiger charge is -2.06. The molecule has 76 valence electrons. The van der Waals surface area contributed by atoms with Crippen molar-refractivity contribution in [3.63, 3.8) is 0 Å². The second-order valence-corrected chi connectivity index (χ2v) is 3.60. The maximum Gasteiger partial charge on any atom is 0.0708 e. The molecule has 0 unspecified atom stereocenters. The van der Waals surface area contributed by atoms with Crippen LogP contribution in [0.5, 0.6) is 0 Å². The molecule has 0 amide bonds.